The zero-order valence-corrected chi connectivity index (χ0v) is 34.6. The van der Waals surface area contributed by atoms with Crippen molar-refractivity contribution in [1.82, 2.24) is 42.1 Å². The van der Waals surface area contributed by atoms with Crippen LogP contribution in [0.15, 0.2) is 0 Å². The van der Waals surface area contributed by atoms with Crippen molar-refractivity contribution >= 4 is 47.3 Å². The molecule has 9 atom stereocenters. The van der Waals surface area contributed by atoms with E-state index in [4.69, 9.17) is 5.73 Å². The summed E-state index contributed by atoms with van der Waals surface area (Å²) in [6, 6.07) is -7.68. The SMILES string of the molecule is CNC(CC(C)C)C(=O)NC(C(=O)NC(C(=O)NCC(=O)NC(CC(C)C)C(=O)N1CCCC1C(=O)NC(C)C(=O)NC(CC(C)C)C(N)=O)C(C)O)C(C)O. The lowest BCUT2D eigenvalue weighted by molar-refractivity contribution is -0.142. The Hall–Kier alpha value is -4.36. The summed E-state index contributed by atoms with van der Waals surface area (Å²) in [6.45, 7) is 14.8. The van der Waals surface area contributed by atoms with Crippen LogP contribution in [0.25, 0.3) is 0 Å². The standard InChI is InChI=1S/C37H67N9O10/c1-18(2)14-24(31(38)50)43-32(51)21(7)41-34(53)27-12-11-13-46(27)37(56)26(16-20(5)6)42-28(49)17-40-35(54)29(22(8)47)45-36(55)30(23(9)48)44-33(52)25(39-10)15-19(3)4/h18-27,29-30,39,47-48H,11-17H2,1-10H3,(H2,38,50)(H,40,54)(H,41,53)(H,42,49)(H,43,51)(H,44,52)(H,45,55). The number of nitrogens with one attached hydrogen (secondary N) is 7. The maximum absolute atomic E-state index is 13.8. The third-order valence-corrected chi connectivity index (χ3v) is 9.22. The maximum Gasteiger partial charge on any atom is 0.245 e. The number of hydrogen-bond donors (Lipinski definition) is 10. The van der Waals surface area contributed by atoms with Gasteiger partial charge in [-0.05, 0) is 77.7 Å². The number of hydrogen-bond acceptors (Lipinski definition) is 11. The first-order valence-electron chi connectivity index (χ1n) is 19.4. The molecule has 0 aromatic rings. The smallest absolute Gasteiger partial charge is 0.245 e. The molecule has 1 saturated heterocycles. The van der Waals surface area contributed by atoms with E-state index in [2.05, 4.69) is 37.2 Å². The van der Waals surface area contributed by atoms with Gasteiger partial charge in [0, 0.05) is 6.54 Å². The van der Waals surface area contributed by atoms with E-state index in [1.165, 1.54) is 25.7 Å². The number of primary amides is 1. The molecule has 1 rings (SSSR count). The molecule has 19 nitrogen and oxygen atoms in total. The number of aliphatic hydroxyl groups excluding tert-OH is 2. The van der Waals surface area contributed by atoms with Gasteiger partial charge in [0.15, 0.2) is 0 Å². The Bertz CT molecular complexity index is 1370. The van der Waals surface area contributed by atoms with Crippen LogP contribution in [0.3, 0.4) is 0 Å². The van der Waals surface area contributed by atoms with Crippen LogP contribution in [0, 0.1) is 17.8 Å². The van der Waals surface area contributed by atoms with E-state index in [-0.39, 0.29) is 30.7 Å². The fourth-order valence-electron chi connectivity index (χ4n) is 6.24. The number of rotatable bonds is 23. The summed E-state index contributed by atoms with van der Waals surface area (Å²) >= 11 is 0. The molecule has 0 saturated carbocycles. The normalized spacial score (nSPS) is 18.5. The zero-order chi connectivity index (χ0) is 43.0. The lowest BCUT2D eigenvalue weighted by Crippen LogP contribution is -2.61. The van der Waals surface area contributed by atoms with Gasteiger partial charge in [-0.25, -0.2) is 0 Å². The second kappa shape index (κ2) is 23.6. The van der Waals surface area contributed by atoms with Gasteiger partial charge >= 0.3 is 0 Å². The Morgan fingerprint density at radius 1 is 0.643 bits per heavy atom. The Kier molecular flexibility index (Phi) is 21.0. The Morgan fingerprint density at radius 3 is 1.64 bits per heavy atom. The Labute approximate surface area is 330 Å². The first-order chi connectivity index (χ1) is 26.0. The first-order valence-corrected chi connectivity index (χ1v) is 19.4. The highest BCUT2D eigenvalue weighted by Gasteiger charge is 2.39. The molecule has 0 aromatic heterocycles. The van der Waals surface area contributed by atoms with Gasteiger partial charge < -0.3 is 58.1 Å². The van der Waals surface area contributed by atoms with Crippen molar-refractivity contribution in [1.29, 1.82) is 0 Å². The molecule has 1 aliphatic heterocycles. The van der Waals surface area contributed by atoms with E-state index in [0.29, 0.717) is 25.7 Å². The van der Waals surface area contributed by atoms with Crippen LogP contribution in [-0.2, 0) is 38.4 Å². The number of nitrogens with two attached hydrogens (primary N) is 1. The number of carbonyl (C=O) groups excluding carboxylic acids is 8. The van der Waals surface area contributed by atoms with Gasteiger partial charge in [0.2, 0.25) is 47.3 Å². The predicted octanol–water partition coefficient (Wildman–Crippen LogP) is -2.49. The second-order valence-corrected chi connectivity index (χ2v) is 15.9. The first kappa shape index (κ1) is 49.7. The van der Waals surface area contributed by atoms with Gasteiger partial charge in [-0.1, -0.05) is 41.5 Å². The van der Waals surface area contributed by atoms with Crippen molar-refractivity contribution in [2.24, 2.45) is 23.5 Å². The average molecular weight is 798 g/mol. The summed E-state index contributed by atoms with van der Waals surface area (Å²) < 4.78 is 0. The molecule has 1 fully saturated rings. The fourth-order valence-corrected chi connectivity index (χ4v) is 6.24. The molecule has 9 unspecified atom stereocenters. The van der Waals surface area contributed by atoms with Crippen LogP contribution in [-0.4, -0.2) is 137 Å². The van der Waals surface area contributed by atoms with Gasteiger partial charge in [-0.3, -0.25) is 38.4 Å². The van der Waals surface area contributed by atoms with Gasteiger partial charge in [0.25, 0.3) is 0 Å². The lowest BCUT2D eigenvalue weighted by atomic mass is 10.0. The molecule has 320 valence electrons. The molecule has 11 N–H and O–H groups in total. The van der Waals surface area contributed by atoms with Gasteiger partial charge in [-0.15, -0.1) is 0 Å². The average Bonchev–Trinajstić information content (AvgIpc) is 3.59. The molecule has 1 heterocycles. The minimum absolute atomic E-state index is 0.0719. The molecule has 19 heteroatoms. The molecule has 0 spiro atoms. The van der Waals surface area contributed by atoms with Crippen LogP contribution in [0.2, 0.25) is 0 Å². The van der Waals surface area contributed by atoms with Gasteiger partial charge in [0.05, 0.1) is 24.8 Å². The molecule has 0 bridgehead atoms. The largest absolute Gasteiger partial charge is 0.391 e. The summed E-state index contributed by atoms with van der Waals surface area (Å²) in [5.74, 6) is -5.48. The summed E-state index contributed by atoms with van der Waals surface area (Å²) in [5, 5.41) is 38.4. The highest BCUT2D eigenvalue weighted by molar-refractivity contribution is 5.97. The van der Waals surface area contributed by atoms with Crippen LogP contribution < -0.4 is 43.0 Å². The Morgan fingerprint density at radius 2 is 1.14 bits per heavy atom. The van der Waals surface area contributed by atoms with Crippen molar-refractivity contribution < 1.29 is 48.6 Å². The number of amides is 8. The minimum Gasteiger partial charge on any atom is -0.391 e. The van der Waals surface area contributed by atoms with Crippen LogP contribution in [0.5, 0.6) is 0 Å². The van der Waals surface area contributed by atoms with E-state index >= 15 is 0 Å². The third kappa shape index (κ3) is 16.4. The number of likely N-dealkylation sites (tertiary alicyclic amines) is 1. The zero-order valence-electron chi connectivity index (χ0n) is 34.6. The van der Waals surface area contributed by atoms with E-state index in [1.807, 2.05) is 41.5 Å². The summed E-state index contributed by atoms with van der Waals surface area (Å²) in [5.41, 5.74) is 5.43. The van der Waals surface area contributed by atoms with Crippen molar-refractivity contribution in [3.8, 4) is 0 Å². The van der Waals surface area contributed by atoms with E-state index in [9.17, 15) is 48.6 Å². The summed E-state index contributed by atoms with van der Waals surface area (Å²) in [6.07, 6.45) is -1.06. The van der Waals surface area contributed by atoms with Crippen LogP contribution in [0.4, 0.5) is 0 Å². The van der Waals surface area contributed by atoms with Crippen LogP contribution >= 0.6 is 0 Å². The second-order valence-electron chi connectivity index (χ2n) is 15.9. The van der Waals surface area contributed by atoms with Crippen molar-refractivity contribution in [2.45, 2.75) is 149 Å². The number of nitrogens with zero attached hydrogens (tertiary/aromatic N) is 1. The molecule has 0 aromatic carbocycles. The number of carbonyl (C=O) groups is 8. The van der Waals surface area contributed by atoms with E-state index in [0.717, 1.165) is 0 Å². The van der Waals surface area contributed by atoms with Crippen molar-refractivity contribution in [3.63, 3.8) is 0 Å². The van der Waals surface area contributed by atoms with Crippen LogP contribution in [0.1, 0.15) is 94.4 Å². The van der Waals surface area contributed by atoms with Gasteiger partial charge in [-0.2, -0.15) is 0 Å². The lowest BCUT2D eigenvalue weighted by Gasteiger charge is -2.30. The number of likely N-dealkylation sites (N-methyl/N-ethyl adjacent to an activating group) is 1. The van der Waals surface area contributed by atoms with Crippen molar-refractivity contribution in [2.75, 3.05) is 20.1 Å². The summed E-state index contributed by atoms with van der Waals surface area (Å²) in [4.78, 5) is 105. The van der Waals surface area contributed by atoms with Crippen molar-refractivity contribution in [3.05, 3.63) is 0 Å². The molecule has 0 aliphatic carbocycles. The highest BCUT2D eigenvalue weighted by atomic mass is 16.3. The molecule has 56 heavy (non-hydrogen) atoms. The molecular formula is C37H67N9O10. The van der Waals surface area contributed by atoms with Gasteiger partial charge in [0.1, 0.15) is 36.3 Å². The minimum atomic E-state index is -1.58. The molecule has 0 radical (unpaired) electrons. The highest BCUT2D eigenvalue weighted by Crippen LogP contribution is 2.21. The molecule has 8 amide bonds. The maximum atomic E-state index is 13.8. The monoisotopic (exact) mass is 798 g/mol. The quantitative estimate of drug-likeness (QED) is 0.0516. The molecular weight excluding hydrogens is 730 g/mol. The fraction of sp³-hybridized carbons (Fsp3) is 0.784. The molecule has 1 aliphatic rings. The van der Waals surface area contributed by atoms with E-state index in [1.54, 1.807) is 7.05 Å². The summed E-state index contributed by atoms with van der Waals surface area (Å²) in [7, 11) is 1.59. The van der Waals surface area contributed by atoms with E-state index < -0.39 is 108 Å². The number of aliphatic hydroxyl groups is 2. The topological polar surface area (TPSA) is 290 Å². The third-order valence-electron chi connectivity index (χ3n) is 9.22. The Balaban J connectivity index is 2.97. The predicted molar refractivity (Wildman–Crippen MR) is 207 cm³/mol.